The molecule has 0 aromatic carbocycles. The minimum absolute atomic E-state index is 0.105. The van der Waals surface area contributed by atoms with Crippen LogP contribution in [0.5, 0.6) is 0 Å². The van der Waals surface area contributed by atoms with Crippen LogP contribution in [0.2, 0.25) is 0 Å². The number of ketones is 1. The monoisotopic (exact) mass is 348 g/mol. The Morgan fingerprint density at radius 3 is 2.48 bits per heavy atom. The molecule has 1 aliphatic heterocycles. The first kappa shape index (κ1) is 18.3. The number of carbonyl (C=O) groups is 2. The minimum atomic E-state index is -1.22. The molecule has 3 aliphatic rings. The van der Waals surface area contributed by atoms with Gasteiger partial charge in [-0.05, 0) is 49.7 Å². The van der Waals surface area contributed by atoms with Crippen molar-refractivity contribution in [3.8, 4) is 0 Å². The fourth-order valence-electron chi connectivity index (χ4n) is 5.52. The van der Waals surface area contributed by atoms with Gasteiger partial charge in [0.1, 0.15) is 0 Å². The van der Waals surface area contributed by atoms with E-state index in [1.807, 2.05) is 13.8 Å². The molecule has 0 saturated heterocycles. The smallest absolute Gasteiger partial charge is 0.333 e. The third-order valence-electron chi connectivity index (χ3n) is 6.80. The molecule has 0 spiro atoms. The molecule has 4 atom stereocenters. The van der Waals surface area contributed by atoms with Gasteiger partial charge >= 0.3 is 5.97 Å². The van der Waals surface area contributed by atoms with Crippen LogP contribution in [0.25, 0.3) is 0 Å². The van der Waals surface area contributed by atoms with Crippen molar-refractivity contribution in [1.82, 2.24) is 0 Å². The highest BCUT2D eigenvalue weighted by Crippen LogP contribution is 2.61. The normalized spacial score (nSPS) is 40.2. The van der Waals surface area contributed by atoms with E-state index < -0.39 is 23.3 Å². The first-order valence-electron chi connectivity index (χ1n) is 9.05. The molecule has 0 radical (unpaired) electrons. The number of rotatable bonds is 3. The van der Waals surface area contributed by atoms with Crippen molar-refractivity contribution in [1.29, 1.82) is 0 Å². The number of carbonyl (C=O) groups excluding carboxylic acids is 2. The Bertz CT molecular complexity index is 674. The molecule has 5 nitrogen and oxygen atoms in total. The van der Waals surface area contributed by atoms with Crippen molar-refractivity contribution >= 4 is 11.8 Å². The van der Waals surface area contributed by atoms with Crippen LogP contribution in [0.4, 0.5) is 0 Å². The number of aliphatic hydroxyl groups excluding tert-OH is 1. The van der Waals surface area contributed by atoms with Crippen LogP contribution in [0.1, 0.15) is 59.8 Å². The summed E-state index contributed by atoms with van der Waals surface area (Å²) in [5.74, 6) is -0.681. The molecular weight excluding hydrogens is 320 g/mol. The van der Waals surface area contributed by atoms with E-state index >= 15 is 0 Å². The molecule has 0 unspecified atom stereocenters. The summed E-state index contributed by atoms with van der Waals surface area (Å²) in [5, 5.41) is 21.5. The molecule has 138 valence electrons. The van der Waals surface area contributed by atoms with Gasteiger partial charge in [0.25, 0.3) is 0 Å². The molecule has 1 saturated carbocycles. The van der Waals surface area contributed by atoms with Crippen molar-refractivity contribution < 1.29 is 24.5 Å². The number of ether oxygens (including phenoxy) is 1. The molecule has 25 heavy (non-hydrogen) atoms. The summed E-state index contributed by atoms with van der Waals surface area (Å²) in [6.07, 6.45) is 5.09. The Morgan fingerprint density at radius 2 is 1.88 bits per heavy atom. The maximum atomic E-state index is 12.8. The maximum Gasteiger partial charge on any atom is 0.333 e. The van der Waals surface area contributed by atoms with E-state index in [0.29, 0.717) is 24.0 Å². The Morgan fingerprint density at radius 1 is 1.20 bits per heavy atom. The van der Waals surface area contributed by atoms with E-state index in [2.05, 4.69) is 13.8 Å². The van der Waals surface area contributed by atoms with Gasteiger partial charge in [-0.1, -0.05) is 27.2 Å². The van der Waals surface area contributed by atoms with Crippen LogP contribution in [0.3, 0.4) is 0 Å². The molecular formula is C20H28O5. The zero-order valence-corrected chi connectivity index (χ0v) is 15.5. The summed E-state index contributed by atoms with van der Waals surface area (Å²) in [4.78, 5) is 24.1. The van der Waals surface area contributed by atoms with E-state index in [1.54, 1.807) is 6.08 Å². The van der Waals surface area contributed by atoms with E-state index in [1.165, 1.54) is 6.08 Å². The fourth-order valence-corrected chi connectivity index (χ4v) is 5.52. The Kier molecular flexibility index (Phi) is 4.24. The zero-order valence-electron chi connectivity index (χ0n) is 15.5. The van der Waals surface area contributed by atoms with Gasteiger partial charge in [0.2, 0.25) is 6.29 Å². The van der Waals surface area contributed by atoms with Gasteiger partial charge in [0, 0.05) is 23.0 Å². The third kappa shape index (κ3) is 2.68. The number of aliphatic hydroxyl groups is 2. The third-order valence-corrected chi connectivity index (χ3v) is 6.80. The molecule has 0 aromatic heterocycles. The van der Waals surface area contributed by atoms with Gasteiger partial charge in [-0.3, -0.25) is 4.79 Å². The van der Waals surface area contributed by atoms with Gasteiger partial charge in [0.15, 0.2) is 5.78 Å². The van der Waals surface area contributed by atoms with Gasteiger partial charge in [-0.25, -0.2) is 4.79 Å². The summed E-state index contributed by atoms with van der Waals surface area (Å²) < 4.78 is 4.73. The van der Waals surface area contributed by atoms with Gasteiger partial charge in [-0.15, -0.1) is 0 Å². The number of hydrogen-bond acceptors (Lipinski definition) is 5. The highest BCUT2D eigenvalue weighted by Gasteiger charge is 2.61. The van der Waals surface area contributed by atoms with Crippen LogP contribution < -0.4 is 0 Å². The predicted octanol–water partition coefficient (Wildman–Crippen LogP) is 2.66. The minimum Gasteiger partial charge on any atom is -0.429 e. The van der Waals surface area contributed by atoms with E-state index in [4.69, 9.17) is 4.74 Å². The number of cyclic esters (lactones) is 1. The molecule has 0 bridgehead atoms. The summed E-state index contributed by atoms with van der Waals surface area (Å²) in [6, 6.07) is 0. The lowest BCUT2D eigenvalue weighted by Gasteiger charge is -2.59. The molecule has 0 amide bonds. The van der Waals surface area contributed by atoms with Crippen LogP contribution >= 0.6 is 0 Å². The lowest BCUT2D eigenvalue weighted by atomic mass is 9.46. The molecule has 1 fully saturated rings. The second-order valence-electron chi connectivity index (χ2n) is 8.79. The zero-order chi connectivity index (χ0) is 18.6. The van der Waals surface area contributed by atoms with Gasteiger partial charge in [0.05, 0.1) is 5.60 Å². The quantitative estimate of drug-likeness (QED) is 0.766. The fraction of sp³-hybridized carbons (Fsp3) is 0.700. The molecule has 2 N–H and O–H groups in total. The van der Waals surface area contributed by atoms with Gasteiger partial charge < -0.3 is 14.9 Å². The summed E-state index contributed by atoms with van der Waals surface area (Å²) in [7, 11) is 0. The first-order valence-corrected chi connectivity index (χ1v) is 9.05. The molecule has 3 rings (SSSR count). The standard InChI is InChI=1S/C20H28O5/c1-12-10-14(21)16-18(2,3)7-5-8-19(16,4)20(12,24)9-6-13-11-15(22)25-17(13)23/h10-11,16-17,23-24H,5-9H2,1-4H3/t16-,17-,19-,20+/m0/s1. The molecule has 0 aromatic rings. The Hall–Kier alpha value is -1.46. The lowest BCUT2D eigenvalue weighted by molar-refractivity contribution is -0.164. The molecule has 1 heterocycles. The summed E-state index contributed by atoms with van der Waals surface area (Å²) in [6.45, 7) is 8.05. The lowest BCUT2D eigenvalue weighted by Crippen LogP contribution is -2.61. The Labute approximate surface area is 148 Å². The Balaban J connectivity index is 1.95. The average molecular weight is 348 g/mol. The maximum absolute atomic E-state index is 12.8. The topological polar surface area (TPSA) is 83.8 Å². The largest absolute Gasteiger partial charge is 0.429 e. The molecule has 5 heteroatoms. The molecule has 2 aliphatic carbocycles. The highest BCUT2D eigenvalue weighted by molar-refractivity contribution is 5.95. The van der Waals surface area contributed by atoms with Crippen LogP contribution in [0, 0.1) is 16.7 Å². The number of esters is 1. The van der Waals surface area contributed by atoms with Crippen molar-refractivity contribution in [2.45, 2.75) is 71.7 Å². The number of hydrogen-bond donors (Lipinski definition) is 2. The van der Waals surface area contributed by atoms with Crippen LogP contribution in [-0.4, -0.2) is 33.9 Å². The van der Waals surface area contributed by atoms with E-state index in [0.717, 1.165) is 19.3 Å². The van der Waals surface area contributed by atoms with Crippen molar-refractivity contribution in [3.63, 3.8) is 0 Å². The average Bonchev–Trinajstić information content (AvgIpc) is 2.80. The van der Waals surface area contributed by atoms with Crippen LogP contribution in [-0.2, 0) is 14.3 Å². The summed E-state index contributed by atoms with van der Waals surface area (Å²) >= 11 is 0. The first-order chi connectivity index (χ1) is 11.5. The second kappa shape index (κ2) is 5.78. The van der Waals surface area contributed by atoms with Crippen LogP contribution in [0.15, 0.2) is 23.3 Å². The van der Waals surface area contributed by atoms with E-state index in [-0.39, 0.29) is 17.1 Å². The highest BCUT2D eigenvalue weighted by atomic mass is 16.6. The van der Waals surface area contributed by atoms with Crippen molar-refractivity contribution in [2.24, 2.45) is 16.7 Å². The second-order valence-corrected chi connectivity index (χ2v) is 8.79. The van der Waals surface area contributed by atoms with Crippen molar-refractivity contribution in [3.05, 3.63) is 23.3 Å². The van der Waals surface area contributed by atoms with Gasteiger partial charge in [-0.2, -0.15) is 0 Å². The summed E-state index contributed by atoms with van der Waals surface area (Å²) in [5.41, 5.74) is -0.706. The SMILES string of the molecule is CC1=CC(=O)[C@H]2C(C)(C)CCC[C@]2(C)[C@@]1(O)CCC1=CC(=O)O[C@@H]1O. The van der Waals surface area contributed by atoms with E-state index in [9.17, 15) is 19.8 Å². The number of allylic oxidation sites excluding steroid dienone is 1. The number of fused-ring (bicyclic) bond motifs is 1. The van der Waals surface area contributed by atoms with Crippen molar-refractivity contribution in [2.75, 3.05) is 0 Å². The predicted molar refractivity (Wildman–Crippen MR) is 92.4 cm³/mol.